The SMILES string of the molecule is Cc1ccc(/C=C/C(=O)NCc2cccc(OC(C)C)c2)cc1. The summed E-state index contributed by atoms with van der Waals surface area (Å²) in [5.74, 6) is 0.711. The zero-order valence-electron chi connectivity index (χ0n) is 13.9. The van der Waals surface area contributed by atoms with Crippen LogP contribution in [-0.4, -0.2) is 12.0 Å². The van der Waals surface area contributed by atoms with Gasteiger partial charge in [0.05, 0.1) is 6.10 Å². The minimum absolute atomic E-state index is 0.110. The maximum absolute atomic E-state index is 11.9. The fourth-order valence-corrected chi connectivity index (χ4v) is 2.10. The highest BCUT2D eigenvalue weighted by atomic mass is 16.5. The van der Waals surface area contributed by atoms with Crippen LogP contribution in [0.4, 0.5) is 0 Å². The summed E-state index contributed by atoms with van der Waals surface area (Å²) < 4.78 is 5.65. The molecule has 0 aromatic heterocycles. The lowest BCUT2D eigenvalue weighted by Crippen LogP contribution is -2.20. The second kappa shape index (κ2) is 8.18. The fourth-order valence-electron chi connectivity index (χ4n) is 2.10. The van der Waals surface area contributed by atoms with Crippen molar-refractivity contribution in [1.29, 1.82) is 0 Å². The van der Waals surface area contributed by atoms with Crippen LogP contribution < -0.4 is 10.1 Å². The molecule has 2 aromatic rings. The first kappa shape index (κ1) is 16.8. The third kappa shape index (κ3) is 5.99. The van der Waals surface area contributed by atoms with Crippen LogP contribution in [0.15, 0.2) is 54.6 Å². The Morgan fingerprint density at radius 3 is 2.61 bits per heavy atom. The Hall–Kier alpha value is -2.55. The van der Waals surface area contributed by atoms with E-state index in [1.807, 2.05) is 75.4 Å². The molecule has 0 unspecified atom stereocenters. The quantitative estimate of drug-likeness (QED) is 0.815. The molecule has 0 spiro atoms. The van der Waals surface area contributed by atoms with E-state index in [0.717, 1.165) is 16.9 Å². The van der Waals surface area contributed by atoms with Crippen LogP contribution in [0.25, 0.3) is 6.08 Å². The molecule has 0 bridgehead atoms. The van der Waals surface area contributed by atoms with E-state index in [2.05, 4.69) is 5.32 Å². The molecule has 0 saturated heterocycles. The number of rotatable bonds is 6. The molecular weight excluding hydrogens is 286 g/mol. The summed E-state index contributed by atoms with van der Waals surface area (Å²) in [6, 6.07) is 15.8. The van der Waals surface area contributed by atoms with Crippen molar-refractivity contribution in [2.45, 2.75) is 33.4 Å². The molecule has 2 rings (SSSR count). The molecule has 0 aliphatic rings. The van der Waals surface area contributed by atoms with Crippen LogP contribution in [0.5, 0.6) is 5.75 Å². The average molecular weight is 309 g/mol. The molecule has 3 nitrogen and oxygen atoms in total. The van der Waals surface area contributed by atoms with Gasteiger partial charge in [-0.15, -0.1) is 0 Å². The van der Waals surface area contributed by atoms with Gasteiger partial charge in [0.25, 0.3) is 0 Å². The minimum Gasteiger partial charge on any atom is -0.491 e. The van der Waals surface area contributed by atoms with Crippen LogP contribution in [0.2, 0.25) is 0 Å². The molecular formula is C20H23NO2. The lowest BCUT2D eigenvalue weighted by Gasteiger charge is -2.11. The van der Waals surface area contributed by atoms with Crippen molar-refractivity contribution < 1.29 is 9.53 Å². The standard InChI is InChI=1S/C20H23NO2/c1-15(2)23-19-6-4-5-18(13-19)14-21-20(22)12-11-17-9-7-16(3)8-10-17/h4-13,15H,14H2,1-3H3,(H,21,22)/b12-11+. The van der Waals surface area contributed by atoms with Crippen molar-refractivity contribution in [3.63, 3.8) is 0 Å². The topological polar surface area (TPSA) is 38.3 Å². The number of amides is 1. The molecule has 3 heteroatoms. The van der Waals surface area contributed by atoms with Crippen molar-refractivity contribution in [3.05, 3.63) is 71.3 Å². The molecule has 0 heterocycles. The third-order valence-corrected chi connectivity index (χ3v) is 3.24. The maximum atomic E-state index is 11.9. The first-order valence-electron chi connectivity index (χ1n) is 7.81. The zero-order valence-corrected chi connectivity index (χ0v) is 13.9. The van der Waals surface area contributed by atoms with Crippen molar-refractivity contribution in [1.82, 2.24) is 5.32 Å². The number of hydrogen-bond donors (Lipinski definition) is 1. The predicted molar refractivity (Wildman–Crippen MR) is 94.3 cm³/mol. The number of aryl methyl sites for hydroxylation is 1. The second-order valence-electron chi connectivity index (χ2n) is 5.78. The van der Waals surface area contributed by atoms with Gasteiger partial charge >= 0.3 is 0 Å². The van der Waals surface area contributed by atoms with Crippen LogP contribution in [-0.2, 0) is 11.3 Å². The van der Waals surface area contributed by atoms with Crippen LogP contribution in [0.1, 0.15) is 30.5 Å². The van der Waals surface area contributed by atoms with Crippen molar-refractivity contribution in [3.8, 4) is 5.75 Å². The van der Waals surface area contributed by atoms with E-state index in [-0.39, 0.29) is 12.0 Å². The van der Waals surface area contributed by atoms with Crippen LogP contribution in [0, 0.1) is 6.92 Å². The molecule has 0 saturated carbocycles. The number of benzene rings is 2. The molecule has 0 fully saturated rings. The molecule has 0 aliphatic heterocycles. The Balaban J connectivity index is 1.87. The molecule has 23 heavy (non-hydrogen) atoms. The summed E-state index contributed by atoms with van der Waals surface area (Å²) in [6.07, 6.45) is 3.50. The van der Waals surface area contributed by atoms with Gasteiger partial charge in [-0.3, -0.25) is 4.79 Å². The van der Waals surface area contributed by atoms with E-state index in [1.165, 1.54) is 5.56 Å². The number of carbonyl (C=O) groups is 1. The highest BCUT2D eigenvalue weighted by Gasteiger charge is 2.01. The summed E-state index contributed by atoms with van der Waals surface area (Å²) in [5.41, 5.74) is 3.23. The molecule has 1 amide bonds. The number of carbonyl (C=O) groups excluding carboxylic acids is 1. The smallest absolute Gasteiger partial charge is 0.244 e. The molecule has 120 valence electrons. The lowest BCUT2D eigenvalue weighted by atomic mass is 10.1. The van der Waals surface area contributed by atoms with Gasteiger partial charge < -0.3 is 10.1 Å². The predicted octanol–water partition coefficient (Wildman–Crippen LogP) is 4.11. The largest absolute Gasteiger partial charge is 0.491 e. The van der Waals surface area contributed by atoms with Gasteiger partial charge in [0.2, 0.25) is 5.91 Å². The Bertz CT molecular complexity index is 672. The van der Waals surface area contributed by atoms with Gasteiger partial charge in [0.1, 0.15) is 5.75 Å². The summed E-state index contributed by atoms with van der Waals surface area (Å²) in [6.45, 7) is 6.50. The Labute approximate surface area is 138 Å². The lowest BCUT2D eigenvalue weighted by molar-refractivity contribution is -0.116. The Morgan fingerprint density at radius 2 is 1.91 bits per heavy atom. The monoisotopic (exact) mass is 309 g/mol. The third-order valence-electron chi connectivity index (χ3n) is 3.24. The molecule has 2 aromatic carbocycles. The van der Waals surface area contributed by atoms with Gasteiger partial charge in [0.15, 0.2) is 0 Å². The van der Waals surface area contributed by atoms with Crippen molar-refractivity contribution in [2.75, 3.05) is 0 Å². The van der Waals surface area contributed by atoms with E-state index in [1.54, 1.807) is 6.08 Å². The Kier molecular flexibility index (Phi) is 5.98. The summed E-state index contributed by atoms with van der Waals surface area (Å²) in [4.78, 5) is 11.9. The van der Waals surface area contributed by atoms with Gasteiger partial charge in [0, 0.05) is 12.6 Å². The van der Waals surface area contributed by atoms with Gasteiger partial charge in [-0.1, -0.05) is 42.0 Å². The molecule has 1 N–H and O–H groups in total. The van der Waals surface area contributed by atoms with E-state index in [9.17, 15) is 4.79 Å². The van der Waals surface area contributed by atoms with Crippen LogP contribution in [0.3, 0.4) is 0 Å². The summed E-state index contributed by atoms with van der Waals surface area (Å²) in [7, 11) is 0. The normalized spacial score (nSPS) is 11.0. The number of ether oxygens (including phenoxy) is 1. The highest BCUT2D eigenvalue weighted by molar-refractivity contribution is 5.91. The van der Waals surface area contributed by atoms with Crippen LogP contribution >= 0.6 is 0 Å². The van der Waals surface area contributed by atoms with Crippen molar-refractivity contribution >= 4 is 12.0 Å². The molecule has 0 radical (unpaired) electrons. The maximum Gasteiger partial charge on any atom is 0.244 e. The van der Waals surface area contributed by atoms with E-state index in [4.69, 9.17) is 4.74 Å². The van der Waals surface area contributed by atoms with Gasteiger partial charge in [-0.25, -0.2) is 0 Å². The zero-order chi connectivity index (χ0) is 16.7. The minimum atomic E-state index is -0.110. The summed E-state index contributed by atoms with van der Waals surface area (Å²) in [5, 5.41) is 2.88. The van der Waals surface area contributed by atoms with Gasteiger partial charge in [-0.2, -0.15) is 0 Å². The number of nitrogens with one attached hydrogen (secondary N) is 1. The number of hydrogen-bond acceptors (Lipinski definition) is 2. The Morgan fingerprint density at radius 1 is 1.17 bits per heavy atom. The van der Waals surface area contributed by atoms with E-state index < -0.39 is 0 Å². The fraction of sp³-hybridized carbons (Fsp3) is 0.250. The average Bonchev–Trinajstić information content (AvgIpc) is 2.52. The second-order valence-corrected chi connectivity index (χ2v) is 5.78. The first-order chi connectivity index (χ1) is 11.0. The molecule has 0 atom stereocenters. The van der Waals surface area contributed by atoms with E-state index >= 15 is 0 Å². The first-order valence-corrected chi connectivity index (χ1v) is 7.81. The van der Waals surface area contributed by atoms with Gasteiger partial charge in [-0.05, 0) is 50.1 Å². The summed E-state index contributed by atoms with van der Waals surface area (Å²) >= 11 is 0. The molecule has 0 aliphatic carbocycles. The highest BCUT2D eigenvalue weighted by Crippen LogP contribution is 2.14. The van der Waals surface area contributed by atoms with Crippen molar-refractivity contribution in [2.24, 2.45) is 0 Å². The van der Waals surface area contributed by atoms with E-state index in [0.29, 0.717) is 6.54 Å².